The molecule has 0 radical (unpaired) electrons. The summed E-state index contributed by atoms with van der Waals surface area (Å²) in [5, 5.41) is 4.83. The molecule has 3 heterocycles. The van der Waals surface area contributed by atoms with Gasteiger partial charge in [0.15, 0.2) is 0 Å². The molecule has 0 fully saturated rings. The summed E-state index contributed by atoms with van der Waals surface area (Å²) in [6.45, 7) is 0. The van der Waals surface area contributed by atoms with Crippen LogP contribution >= 0.6 is 0 Å². The molecule has 3 aromatic rings. The van der Waals surface area contributed by atoms with E-state index in [4.69, 9.17) is 5.73 Å². The maximum atomic E-state index is 5.75. The van der Waals surface area contributed by atoms with E-state index in [9.17, 15) is 0 Å². The van der Waals surface area contributed by atoms with Gasteiger partial charge in [0.2, 0.25) is 0 Å². The fourth-order valence-electron chi connectivity index (χ4n) is 1.42. The Balaban J connectivity index is 2.67. The third-order valence-electron chi connectivity index (χ3n) is 2.05. The van der Waals surface area contributed by atoms with Crippen molar-refractivity contribution in [3.8, 4) is 0 Å². The number of aromatic nitrogens is 5. The molecular formula is C8H6N6. The van der Waals surface area contributed by atoms with E-state index in [2.05, 4.69) is 20.1 Å². The summed E-state index contributed by atoms with van der Waals surface area (Å²) < 4.78 is 1.63. The van der Waals surface area contributed by atoms with Crippen LogP contribution in [0.2, 0.25) is 0 Å². The summed E-state index contributed by atoms with van der Waals surface area (Å²) in [6, 6.07) is 1.83. The predicted molar refractivity (Wildman–Crippen MR) is 50.5 cm³/mol. The minimum atomic E-state index is 0.425. The zero-order chi connectivity index (χ0) is 9.54. The Morgan fingerprint density at radius 2 is 2.29 bits per heavy atom. The van der Waals surface area contributed by atoms with Crippen LogP contribution in [-0.4, -0.2) is 24.6 Å². The van der Waals surface area contributed by atoms with Gasteiger partial charge in [0, 0.05) is 12.4 Å². The third-order valence-corrected chi connectivity index (χ3v) is 2.05. The number of hydrogen-bond acceptors (Lipinski definition) is 5. The van der Waals surface area contributed by atoms with Crippen LogP contribution in [0.4, 0.5) is 5.82 Å². The molecule has 0 aliphatic heterocycles. The van der Waals surface area contributed by atoms with Gasteiger partial charge in [-0.15, -0.1) is 0 Å². The zero-order valence-electron chi connectivity index (χ0n) is 7.12. The van der Waals surface area contributed by atoms with Gasteiger partial charge in [0.25, 0.3) is 5.78 Å². The Kier molecular flexibility index (Phi) is 1.22. The lowest BCUT2D eigenvalue weighted by Gasteiger charge is -2.01. The van der Waals surface area contributed by atoms with Gasteiger partial charge in [-0.2, -0.15) is 19.6 Å². The first-order valence-corrected chi connectivity index (χ1v) is 4.05. The molecule has 0 saturated heterocycles. The zero-order valence-corrected chi connectivity index (χ0v) is 7.12. The lowest BCUT2D eigenvalue weighted by Crippen LogP contribution is -1.99. The van der Waals surface area contributed by atoms with Crippen LogP contribution in [-0.2, 0) is 0 Å². The molecule has 68 valence electrons. The van der Waals surface area contributed by atoms with Gasteiger partial charge in [0.1, 0.15) is 12.1 Å². The second-order valence-corrected chi connectivity index (χ2v) is 2.86. The smallest absolute Gasteiger partial charge is 0.254 e. The van der Waals surface area contributed by atoms with E-state index in [0.717, 1.165) is 10.9 Å². The Labute approximate surface area is 78.4 Å². The number of nitrogen functional groups attached to an aromatic ring is 1. The van der Waals surface area contributed by atoms with Crippen LogP contribution in [0, 0.1) is 0 Å². The highest BCUT2D eigenvalue weighted by Gasteiger charge is 2.06. The van der Waals surface area contributed by atoms with Crippen molar-refractivity contribution in [1.29, 1.82) is 0 Å². The van der Waals surface area contributed by atoms with Gasteiger partial charge in [-0.25, -0.2) is 0 Å². The van der Waals surface area contributed by atoms with E-state index in [1.165, 1.54) is 6.33 Å². The highest BCUT2D eigenvalue weighted by atomic mass is 15.3. The minimum absolute atomic E-state index is 0.425. The second kappa shape index (κ2) is 2.38. The molecular weight excluding hydrogens is 180 g/mol. The summed E-state index contributed by atoms with van der Waals surface area (Å²) in [6.07, 6.45) is 4.79. The maximum absolute atomic E-state index is 5.75. The molecule has 0 aliphatic rings. The van der Waals surface area contributed by atoms with E-state index >= 15 is 0 Å². The molecule has 0 aliphatic carbocycles. The average molecular weight is 186 g/mol. The fraction of sp³-hybridized carbons (Fsp3) is 0. The van der Waals surface area contributed by atoms with Crippen molar-refractivity contribution in [2.75, 3.05) is 5.73 Å². The van der Waals surface area contributed by atoms with Crippen molar-refractivity contribution in [2.45, 2.75) is 0 Å². The molecule has 0 atom stereocenters. The van der Waals surface area contributed by atoms with Gasteiger partial charge in [-0.3, -0.25) is 4.98 Å². The molecule has 0 aromatic carbocycles. The molecule has 0 saturated carbocycles. The number of pyridine rings is 1. The predicted octanol–water partition coefficient (Wildman–Crippen LogP) is 0.255. The summed E-state index contributed by atoms with van der Waals surface area (Å²) in [4.78, 5) is 12.0. The van der Waals surface area contributed by atoms with Crippen LogP contribution in [0.15, 0.2) is 24.8 Å². The second-order valence-electron chi connectivity index (χ2n) is 2.86. The minimum Gasteiger partial charge on any atom is -0.383 e. The molecule has 14 heavy (non-hydrogen) atoms. The topological polar surface area (TPSA) is 82.0 Å². The Hall–Kier alpha value is -2.24. The standard InChI is InChI=1S/C8H6N6/c9-7-5-3-10-2-1-6(5)14-8(13-7)11-4-12-14/h1-4H,(H2,9,11,12,13). The highest BCUT2D eigenvalue weighted by Crippen LogP contribution is 2.17. The van der Waals surface area contributed by atoms with E-state index < -0.39 is 0 Å². The van der Waals surface area contributed by atoms with E-state index in [1.54, 1.807) is 16.9 Å². The van der Waals surface area contributed by atoms with Gasteiger partial charge < -0.3 is 5.73 Å². The third kappa shape index (κ3) is 0.792. The van der Waals surface area contributed by atoms with Gasteiger partial charge in [0.05, 0.1) is 10.9 Å². The van der Waals surface area contributed by atoms with Gasteiger partial charge in [-0.05, 0) is 6.07 Å². The number of nitrogens with two attached hydrogens (primary N) is 1. The molecule has 2 N–H and O–H groups in total. The van der Waals surface area contributed by atoms with Crippen molar-refractivity contribution < 1.29 is 0 Å². The summed E-state index contributed by atoms with van der Waals surface area (Å²) in [5.41, 5.74) is 6.61. The number of anilines is 1. The summed E-state index contributed by atoms with van der Waals surface area (Å²) in [7, 11) is 0. The molecule has 3 rings (SSSR count). The van der Waals surface area contributed by atoms with E-state index in [0.29, 0.717) is 11.6 Å². The average Bonchev–Trinajstić information content (AvgIpc) is 2.66. The molecule has 6 nitrogen and oxygen atoms in total. The van der Waals surface area contributed by atoms with Crippen LogP contribution in [0.1, 0.15) is 0 Å². The van der Waals surface area contributed by atoms with E-state index in [-0.39, 0.29) is 0 Å². The van der Waals surface area contributed by atoms with Crippen LogP contribution < -0.4 is 5.73 Å². The molecule has 0 spiro atoms. The van der Waals surface area contributed by atoms with Crippen LogP contribution in [0.5, 0.6) is 0 Å². The molecule has 0 unspecified atom stereocenters. The van der Waals surface area contributed by atoms with Crippen LogP contribution in [0.3, 0.4) is 0 Å². The van der Waals surface area contributed by atoms with Crippen molar-refractivity contribution in [2.24, 2.45) is 0 Å². The highest BCUT2D eigenvalue weighted by molar-refractivity contribution is 5.88. The molecule has 0 bridgehead atoms. The lowest BCUT2D eigenvalue weighted by atomic mass is 10.3. The number of hydrogen-bond donors (Lipinski definition) is 1. The first kappa shape index (κ1) is 7.19. The molecule has 0 amide bonds. The van der Waals surface area contributed by atoms with Gasteiger partial charge >= 0.3 is 0 Å². The Bertz CT molecular complexity index is 613. The maximum Gasteiger partial charge on any atom is 0.254 e. The van der Waals surface area contributed by atoms with Crippen molar-refractivity contribution in [3.05, 3.63) is 24.8 Å². The SMILES string of the molecule is Nc1nc2ncnn2c2ccncc12. The number of fused-ring (bicyclic) bond motifs is 3. The number of rotatable bonds is 0. The molecule has 6 heteroatoms. The van der Waals surface area contributed by atoms with Gasteiger partial charge in [-0.1, -0.05) is 0 Å². The first-order chi connectivity index (χ1) is 6.86. The summed E-state index contributed by atoms with van der Waals surface area (Å²) >= 11 is 0. The Morgan fingerprint density at radius 3 is 3.21 bits per heavy atom. The lowest BCUT2D eigenvalue weighted by molar-refractivity contribution is 0.983. The summed E-state index contributed by atoms with van der Waals surface area (Å²) in [5.74, 6) is 0.926. The fourth-order valence-corrected chi connectivity index (χ4v) is 1.42. The van der Waals surface area contributed by atoms with Crippen molar-refractivity contribution in [1.82, 2.24) is 24.6 Å². The van der Waals surface area contributed by atoms with Crippen molar-refractivity contribution in [3.63, 3.8) is 0 Å². The first-order valence-electron chi connectivity index (χ1n) is 4.05. The number of nitrogens with zero attached hydrogens (tertiary/aromatic N) is 5. The quantitative estimate of drug-likeness (QED) is 0.544. The Morgan fingerprint density at radius 1 is 1.36 bits per heavy atom. The van der Waals surface area contributed by atoms with Crippen molar-refractivity contribution >= 4 is 22.5 Å². The van der Waals surface area contributed by atoms with E-state index in [1.807, 2.05) is 6.07 Å². The normalized spacial score (nSPS) is 11.1. The molecule has 3 aromatic heterocycles. The monoisotopic (exact) mass is 186 g/mol. The largest absolute Gasteiger partial charge is 0.383 e. The van der Waals surface area contributed by atoms with Crippen LogP contribution in [0.25, 0.3) is 16.7 Å².